The molecule has 2 atom stereocenters. The van der Waals surface area contributed by atoms with Crippen LogP contribution in [-0.2, 0) is 52.1 Å². The van der Waals surface area contributed by atoms with Gasteiger partial charge in [0.1, 0.15) is 34.5 Å². The lowest BCUT2D eigenvalue weighted by Gasteiger charge is -2.16. The van der Waals surface area contributed by atoms with E-state index in [-0.39, 0.29) is 59.1 Å². The summed E-state index contributed by atoms with van der Waals surface area (Å²) >= 11 is 0. The van der Waals surface area contributed by atoms with Gasteiger partial charge in [0.25, 0.3) is 0 Å². The molecule has 76 heavy (non-hydrogen) atoms. The number of aliphatic carboxylic acids is 4. The predicted molar refractivity (Wildman–Crippen MR) is 285 cm³/mol. The van der Waals surface area contributed by atoms with E-state index in [9.17, 15) is 36.0 Å². The molecule has 10 N–H and O–H groups in total. The molecule has 22 nitrogen and oxygen atoms in total. The Bertz CT molecular complexity index is 2390. The summed E-state index contributed by atoms with van der Waals surface area (Å²) in [4.78, 5) is 39.6. The van der Waals surface area contributed by atoms with Crippen LogP contribution in [0, 0.1) is 0 Å². The highest BCUT2D eigenvalue weighted by atomic mass is 32.2. The second kappa shape index (κ2) is 37.1. The zero-order valence-electron chi connectivity index (χ0n) is 44.0. The number of hydrogen-bond acceptors (Lipinski definition) is 16. The van der Waals surface area contributed by atoms with Crippen molar-refractivity contribution in [2.75, 3.05) is 53.7 Å². The van der Waals surface area contributed by atoms with E-state index < -0.39 is 43.9 Å². The topological polar surface area (TPSA) is 349 Å². The first-order valence-corrected chi connectivity index (χ1v) is 27.5. The number of nitrogens with one attached hydrogen (secondary N) is 2. The SMILES string of the molecule is CCOc1ccccc1OCCN[C@H](C)Cc1ccc(OC)c(S(N)(=O)=O)c1.CCOc1ccccc1OCCN[C@H](C)Cc1ccc(OC)c(S(N)(=O)=O)c1.O=C(O)CCCCC(=O)O.O=C(O)CCCCC(=O)O. The van der Waals surface area contributed by atoms with Gasteiger partial charge in [-0.1, -0.05) is 36.4 Å². The Labute approximate surface area is 446 Å². The summed E-state index contributed by atoms with van der Waals surface area (Å²) in [5.41, 5.74) is 1.71. The Morgan fingerprint density at radius 1 is 0.487 bits per heavy atom. The minimum atomic E-state index is -3.84. The number of hydrogen-bond donors (Lipinski definition) is 8. The van der Waals surface area contributed by atoms with Gasteiger partial charge in [0.05, 0.1) is 27.4 Å². The molecule has 0 aliphatic carbocycles. The van der Waals surface area contributed by atoms with Gasteiger partial charge in [-0.3, -0.25) is 19.2 Å². The highest BCUT2D eigenvalue weighted by molar-refractivity contribution is 7.89. The predicted octanol–water partition coefficient (Wildman–Crippen LogP) is 6.11. The summed E-state index contributed by atoms with van der Waals surface area (Å²) in [5, 5.41) is 49.8. The standard InChI is InChI=1S/2C20H28N2O5S.2C6H10O4/c2*1-4-26-17-7-5-6-8-18(17)27-12-11-22-15(2)13-16-9-10-19(25-3)20(14-16)28(21,23)24;2*7-5(8)3-1-2-4-6(9)10/h2*5-10,14-15,22H,4,11-13H2,1-3H3,(H2,21,23,24);2*1-4H2,(H,7,8)(H,9,10)/t2*15-;;/m11../s1. The number of rotatable bonds is 32. The van der Waals surface area contributed by atoms with E-state index in [4.69, 9.17) is 59.1 Å². The number of carboxylic acid groups (broad SMARTS) is 4. The normalized spacial score (nSPS) is 11.6. The van der Waals surface area contributed by atoms with Crippen molar-refractivity contribution in [1.82, 2.24) is 10.6 Å². The number of sulfonamides is 2. The molecule has 0 amide bonds. The van der Waals surface area contributed by atoms with Gasteiger partial charge in [-0.15, -0.1) is 0 Å². The third-order valence-electron chi connectivity index (χ3n) is 10.2. The minimum absolute atomic E-state index is 0.00411. The molecule has 0 aliphatic heterocycles. The molecule has 0 fully saturated rings. The largest absolute Gasteiger partial charge is 0.495 e. The van der Waals surface area contributed by atoms with Crippen LogP contribution in [0.25, 0.3) is 0 Å². The number of nitrogens with two attached hydrogens (primary N) is 2. The maximum atomic E-state index is 11.7. The molecule has 0 aliphatic rings. The molecule has 4 rings (SSSR count). The van der Waals surface area contributed by atoms with Crippen LogP contribution < -0.4 is 49.3 Å². The summed E-state index contributed by atoms with van der Waals surface area (Å²) in [6, 6.07) is 25.4. The van der Waals surface area contributed by atoms with Crippen LogP contribution in [-0.4, -0.2) is 127 Å². The molecule has 0 aromatic heterocycles. The van der Waals surface area contributed by atoms with Crippen molar-refractivity contribution >= 4 is 43.9 Å². The van der Waals surface area contributed by atoms with Crippen molar-refractivity contribution in [1.29, 1.82) is 0 Å². The molecule has 0 heterocycles. The zero-order valence-corrected chi connectivity index (χ0v) is 45.7. The van der Waals surface area contributed by atoms with Crippen LogP contribution >= 0.6 is 0 Å². The number of methoxy groups -OCH3 is 2. The number of primary sulfonamides is 2. The maximum absolute atomic E-state index is 11.7. The molecule has 0 unspecified atom stereocenters. The molecule has 0 spiro atoms. The lowest BCUT2D eigenvalue weighted by atomic mass is 10.1. The summed E-state index contributed by atoms with van der Waals surface area (Å²) < 4.78 is 79.7. The molecule has 0 saturated carbocycles. The highest BCUT2D eigenvalue weighted by Crippen LogP contribution is 2.28. The first-order chi connectivity index (χ1) is 35.9. The third-order valence-corrected chi connectivity index (χ3v) is 12.1. The average Bonchev–Trinajstić information content (AvgIpc) is 3.35. The van der Waals surface area contributed by atoms with Crippen molar-refractivity contribution in [3.8, 4) is 34.5 Å². The van der Waals surface area contributed by atoms with Gasteiger partial charge in [-0.25, -0.2) is 27.1 Å². The molecule has 0 bridgehead atoms. The van der Waals surface area contributed by atoms with Crippen molar-refractivity contribution < 1.29 is 84.9 Å². The molecule has 424 valence electrons. The van der Waals surface area contributed by atoms with Gasteiger partial charge in [0, 0.05) is 50.9 Å². The van der Waals surface area contributed by atoms with Crippen LogP contribution in [0.3, 0.4) is 0 Å². The fourth-order valence-electron chi connectivity index (χ4n) is 6.72. The van der Waals surface area contributed by atoms with E-state index in [1.165, 1.54) is 14.2 Å². The summed E-state index contributed by atoms with van der Waals surface area (Å²) in [7, 11) is -4.85. The molecule has 0 saturated heterocycles. The van der Waals surface area contributed by atoms with E-state index in [0.717, 1.165) is 22.6 Å². The molecular formula is C52H76N4O18S2. The number of ether oxygens (including phenoxy) is 6. The van der Waals surface area contributed by atoms with Gasteiger partial charge in [-0.2, -0.15) is 0 Å². The lowest BCUT2D eigenvalue weighted by Crippen LogP contribution is -2.32. The van der Waals surface area contributed by atoms with E-state index in [1.807, 2.05) is 88.4 Å². The summed E-state index contributed by atoms with van der Waals surface area (Å²) in [6.45, 7) is 11.3. The fraction of sp³-hybridized carbons (Fsp3) is 0.462. The van der Waals surface area contributed by atoms with Crippen LogP contribution in [0.4, 0.5) is 0 Å². The van der Waals surface area contributed by atoms with Gasteiger partial charge >= 0.3 is 23.9 Å². The third kappa shape index (κ3) is 30.0. The van der Waals surface area contributed by atoms with Gasteiger partial charge < -0.3 is 59.5 Å². The van der Waals surface area contributed by atoms with Crippen LogP contribution in [0.2, 0.25) is 0 Å². The second-order valence-corrected chi connectivity index (χ2v) is 19.7. The quantitative estimate of drug-likeness (QED) is 0.0255. The first-order valence-electron chi connectivity index (χ1n) is 24.4. The summed E-state index contributed by atoms with van der Waals surface area (Å²) in [6.07, 6.45) is 3.32. The summed E-state index contributed by atoms with van der Waals surface area (Å²) in [5.74, 6) is -0.106. The van der Waals surface area contributed by atoms with Crippen LogP contribution in [0.5, 0.6) is 34.5 Å². The Kier molecular flexibility index (Phi) is 32.9. The van der Waals surface area contributed by atoms with Gasteiger partial charge in [0.2, 0.25) is 20.0 Å². The first kappa shape index (κ1) is 67.3. The van der Waals surface area contributed by atoms with Gasteiger partial charge in [-0.05, 0) is 126 Å². The molecular weight excluding hydrogens is 1030 g/mol. The van der Waals surface area contributed by atoms with Crippen LogP contribution in [0.1, 0.15) is 90.2 Å². The molecule has 4 aromatic carbocycles. The number of carboxylic acids is 4. The monoisotopic (exact) mass is 1110 g/mol. The minimum Gasteiger partial charge on any atom is -0.495 e. The van der Waals surface area contributed by atoms with Crippen molar-refractivity contribution in [3.63, 3.8) is 0 Å². The fourth-order valence-corrected chi connectivity index (χ4v) is 8.21. The number of para-hydroxylation sites is 4. The average molecular weight is 1110 g/mol. The highest BCUT2D eigenvalue weighted by Gasteiger charge is 2.18. The van der Waals surface area contributed by atoms with Gasteiger partial charge in [0.15, 0.2) is 23.0 Å². The lowest BCUT2D eigenvalue weighted by molar-refractivity contribution is -0.139. The Hall–Kier alpha value is -6.70. The Balaban J connectivity index is 0.000000563. The van der Waals surface area contributed by atoms with Crippen molar-refractivity contribution in [2.24, 2.45) is 10.3 Å². The van der Waals surface area contributed by atoms with Crippen LogP contribution in [0.15, 0.2) is 94.7 Å². The maximum Gasteiger partial charge on any atom is 0.303 e. The number of unbranched alkanes of at least 4 members (excludes halogenated alkanes) is 2. The van der Waals surface area contributed by atoms with E-state index in [2.05, 4.69) is 10.6 Å². The van der Waals surface area contributed by atoms with E-state index in [0.29, 0.717) is 89.5 Å². The Morgan fingerprint density at radius 2 is 0.776 bits per heavy atom. The number of benzene rings is 4. The zero-order chi connectivity index (χ0) is 57.1. The van der Waals surface area contributed by atoms with Crippen molar-refractivity contribution in [3.05, 3.63) is 96.1 Å². The number of carbonyl (C=O) groups is 4. The molecule has 24 heteroatoms. The Morgan fingerprint density at radius 3 is 1.03 bits per heavy atom. The second-order valence-electron chi connectivity index (χ2n) is 16.6. The van der Waals surface area contributed by atoms with E-state index in [1.54, 1.807) is 24.3 Å². The van der Waals surface area contributed by atoms with Crippen molar-refractivity contribution in [2.45, 2.75) is 114 Å². The smallest absolute Gasteiger partial charge is 0.303 e. The van der Waals surface area contributed by atoms with E-state index >= 15 is 0 Å². The molecule has 4 aromatic rings. The molecule has 0 radical (unpaired) electrons.